The van der Waals surface area contributed by atoms with E-state index >= 15 is 0 Å². The maximum Gasteiger partial charge on any atom is 0.321 e. The molecule has 4 aromatic rings. The van der Waals surface area contributed by atoms with Crippen molar-refractivity contribution >= 4 is 34.1 Å². The molecule has 8 heteroatoms. The van der Waals surface area contributed by atoms with Gasteiger partial charge in [0.25, 0.3) is 5.56 Å². The highest BCUT2D eigenvalue weighted by molar-refractivity contribution is 5.90. The summed E-state index contributed by atoms with van der Waals surface area (Å²) in [6, 6.07) is 18.4. The summed E-state index contributed by atoms with van der Waals surface area (Å²) in [6.45, 7) is 7.04. The molecule has 3 aromatic carbocycles. The lowest BCUT2D eigenvalue weighted by molar-refractivity contribution is -0.131. The van der Waals surface area contributed by atoms with Gasteiger partial charge in [0.1, 0.15) is 6.04 Å². The van der Waals surface area contributed by atoms with Gasteiger partial charge in [0, 0.05) is 50.1 Å². The molecule has 1 aromatic heterocycles. The molecule has 8 nitrogen and oxygen atoms in total. The number of anilines is 2. The third-order valence-corrected chi connectivity index (χ3v) is 7.77. The minimum absolute atomic E-state index is 0.0864. The highest BCUT2D eigenvalue weighted by Crippen LogP contribution is 2.29. The molecule has 40 heavy (non-hydrogen) atoms. The number of nitrogens with one attached hydrogen (secondary N) is 3. The fraction of sp³-hybridized carbons (Fsp3) is 0.281. The Morgan fingerprint density at radius 3 is 2.45 bits per heavy atom. The molecule has 3 N–H and O–H groups in total. The number of carbonyl (C=O) groups is 2. The number of likely N-dealkylation sites (N-methyl/N-ethyl adjacent to an activating group) is 2. The van der Waals surface area contributed by atoms with Crippen LogP contribution in [0.15, 0.2) is 71.7 Å². The zero-order valence-electron chi connectivity index (χ0n) is 23.5. The lowest BCUT2D eigenvalue weighted by Crippen LogP contribution is -2.36. The highest BCUT2D eigenvalue weighted by Gasteiger charge is 2.26. The maximum absolute atomic E-state index is 14.1. The Balaban J connectivity index is 1.59. The van der Waals surface area contributed by atoms with Gasteiger partial charge in [-0.25, -0.2) is 4.79 Å². The average molecular weight is 538 g/mol. The maximum atomic E-state index is 14.1. The zero-order chi connectivity index (χ0) is 28.6. The quantitative estimate of drug-likeness (QED) is 0.313. The summed E-state index contributed by atoms with van der Waals surface area (Å²) in [4.78, 5) is 45.6. The van der Waals surface area contributed by atoms with Gasteiger partial charge in [0.15, 0.2) is 0 Å². The van der Waals surface area contributed by atoms with Gasteiger partial charge < -0.3 is 25.4 Å². The molecule has 3 heterocycles. The van der Waals surface area contributed by atoms with Crippen molar-refractivity contribution in [2.24, 2.45) is 0 Å². The highest BCUT2D eigenvalue weighted by atomic mass is 16.2. The Morgan fingerprint density at radius 2 is 1.68 bits per heavy atom. The minimum Gasteiger partial charge on any atom is -0.370 e. The second-order valence-electron chi connectivity index (χ2n) is 10.8. The van der Waals surface area contributed by atoms with Crippen LogP contribution in [0.2, 0.25) is 0 Å². The number of nitrogens with zero attached hydrogens (tertiary/aromatic N) is 2. The number of pyridine rings is 1. The normalized spacial score (nSPS) is 18.2. The Bertz CT molecular complexity index is 1660. The monoisotopic (exact) mass is 537 g/mol. The number of aromatic amines is 1. The van der Waals surface area contributed by atoms with Crippen LogP contribution in [0, 0.1) is 13.8 Å². The predicted molar refractivity (Wildman–Crippen MR) is 160 cm³/mol. The molecule has 0 radical (unpaired) electrons. The molecule has 4 bridgehead atoms. The fourth-order valence-electron chi connectivity index (χ4n) is 5.44. The summed E-state index contributed by atoms with van der Waals surface area (Å²) in [5.41, 5.74) is 6.16. The molecule has 2 aliphatic rings. The Labute approximate surface area is 234 Å². The van der Waals surface area contributed by atoms with Crippen molar-refractivity contribution in [3.05, 3.63) is 105 Å². The first-order chi connectivity index (χ1) is 19.1. The number of H-pyrrole nitrogens is 1. The number of benzene rings is 3. The summed E-state index contributed by atoms with van der Waals surface area (Å²) in [6.07, 6.45) is 1.63. The molecule has 6 rings (SSSR count). The van der Waals surface area contributed by atoms with Crippen LogP contribution in [-0.4, -0.2) is 47.4 Å². The summed E-state index contributed by atoms with van der Waals surface area (Å²) < 4.78 is 0. The Hall–Kier alpha value is -4.59. The fourth-order valence-corrected chi connectivity index (χ4v) is 5.44. The van der Waals surface area contributed by atoms with E-state index in [0.29, 0.717) is 29.9 Å². The van der Waals surface area contributed by atoms with Gasteiger partial charge in [-0.15, -0.1) is 0 Å². The topological polar surface area (TPSA) is 97.5 Å². The van der Waals surface area contributed by atoms with Gasteiger partial charge in [-0.1, -0.05) is 37.3 Å². The van der Waals surface area contributed by atoms with Gasteiger partial charge >= 0.3 is 6.03 Å². The van der Waals surface area contributed by atoms with Crippen molar-refractivity contribution in [2.75, 3.05) is 31.3 Å². The molecular weight excluding hydrogens is 502 g/mol. The van der Waals surface area contributed by atoms with Crippen LogP contribution in [0.1, 0.15) is 46.7 Å². The van der Waals surface area contributed by atoms with E-state index in [1.807, 2.05) is 68.4 Å². The summed E-state index contributed by atoms with van der Waals surface area (Å²) in [5, 5.41) is 7.81. The number of fused-ring (bicyclic) bond motifs is 10. The predicted octanol–water partition coefficient (Wildman–Crippen LogP) is 5.54. The number of rotatable bonds is 2. The van der Waals surface area contributed by atoms with E-state index in [-0.39, 0.29) is 23.4 Å². The first kappa shape index (κ1) is 27.0. The zero-order valence-corrected chi connectivity index (χ0v) is 23.5. The van der Waals surface area contributed by atoms with Crippen molar-refractivity contribution < 1.29 is 9.59 Å². The van der Waals surface area contributed by atoms with E-state index in [1.165, 1.54) is 0 Å². The van der Waals surface area contributed by atoms with E-state index < -0.39 is 6.04 Å². The van der Waals surface area contributed by atoms with Crippen LogP contribution < -0.4 is 16.2 Å². The first-order valence-electron chi connectivity index (χ1n) is 13.5. The number of amides is 3. The molecule has 2 atom stereocenters. The SMILES string of the molecule is Cc1ccc2cc1CN(C)C(=O)[C@H](Nc1ccc3cc[nH]c(=O)c3c1)c1ccc(c(C)c1)[C@@H](C)CN(C)C(=O)N2. The lowest BCUT2D eigenvalue weighted by Gasteiger charge is -2.28. The van der Waals surface area contributed by atoms with Crippen molar-refractivity contribution in [1.29, 1.82) is 0 Å². The van der Waals surface area contributed by atoms with Crippen molar-refractivity contribution in [1.82, 2.24) is 14.8 Å². The molecular formula is C32H35N5O3. The van der Waals surface area contributed by atoms with Gasteiger partial charge in [0.2, 0.25) is 5.91 Å². The van der Waals surface area contributed by atoms with Gasteiger partial charge in [-0.05, 0) is 83.3 Å². The molecule has 2 aliphatic heterocycles. The number of aromatic nitrogens is 1. The smallest absolute Gasteiger partial charge is 0.321 e. The van der Waals surface area contributed by atoms with Crippen LogP contribution in [0.3, 0.4) is 0 Å². The number of aryl methyl sites for hydroxylation is 2. The number of hydrogen-bond acceptors (Lipinski definition) is 4. The number of hydrogen-bond donors (Lipinski definition) is 3. The van der Waals surface area contributed by atoms with E-state index in [1.54, 1.807) is 36.2 Å². The van der Waals surface area contributed by atoms with Gasteiger partial charge in [0.05, 0.1) is 0 Å². The van der Waals surface area contributed by atoms with Crippen LogP contribution in [0.25, 0.3) is 10.8 Å². The number of urea groups is 1. The third-order valence-electron chi connectivity index (χ3n) is 7.77. The molecule has 0 saturated heterocycles. The summed E-state index contributed by atoms with van der Waals surface area (Å²) in [5.74, 6) is -0.0220. The van der Waals surface area contributed by atoms with Gasteiger partial charge in [-0.3, -0.25) is 9.59 Å². The molecule has 0 fully saturated rings. The van der Waals surface area contributed by atoms with E-state index in [9.17, 15) is 14.4 Å². The van der Waals surface area contributed by atoms with Crippen molar-refractivity contribution in [3.8, 4) is 0 Å². The van der Waals surface area contributed by atoms with Gasteiger partial charge in [-0.2, -0.15) is 0 Å². The molecule has 206 valence electrons. The van der Waals surface area contributed by atoms with Crippen molar-refractivity contribution in [2.45, 2.75) is 39.3 Å². The Morgan fingerprint density at radius 1 is 0.875 bits per heavy atom. The van der Waals surface area contributed by atoms with Crippen molar-refractivity contribution in [3.63, 3.8) is 0 Å². The standard InChI is InChI=1S/C32H35N5O3/c1-19-6-9-25-15-24(19)18-36(4)31(39)29(34-26-10-7-22-12-13-33-30(38)28(22)16-26)23-8-11-27(20(2)14-23)21(3)17-37(5)32(40)35-25/h6-16,21,29,34H,17-18H2,1-5H3,(H,33,38)(H,35,40)/t21-,29+/m0/s1. The summed E-state index contributed by atoms with van der Waals surface area (Å²) in [7, 11) is 3.59. The van der Waals surface area contributed by atoms with E-state index in [4.69, 9.17) is 0 Å². The number of carbonyl (C=O) groups excluding carboxylic acids is 2. The summed E-state index contributed by atoms with van der Waals surface area (Å²) >= 11 is 0. The van der Waals surface area contributed by atoms with E-state index in [0.717, 1.165) is 33.2 Å². The first-order valence-corrected chi connectivity index (χ1v) is 13.5. The second kappa shape index (κ2) is 10.9. The third kappa shape index (κ3) is 5.43. The second-order valence-corrected chi connectivity index (χ2v) is 10.8. The molecule has 0 spiro atoms. The minimum atomic E-state index is -0.674. The van der Waals surface area contributed by atoms with Crippen LogP contribution in [0.5, 0.6) is 0 Å². The van der Waals surface area contributed by atoms with Crippen LogP contribution in [-0.2, 0) is 11.3 Å². The average Bonchev–Trinajstić information content (AvgIpc) is 2.92. The van der Waals surface area contributed by atoms with Crippen LogP contribution >= 0.6 is 0 Å². The Kier molecular flexibility index (Phi) is 7.34. The largest absolute Gasteiger partial charge is 0.370 e. The van der Waals surface area contributed by atoms with E-state index in [2.05, 4.69) is 22.5 Å². The molecule has 0 saturated carbocycles. The molecule has 0 unspecified atom stereocenters. The van der Waals surface area contributed by atoms with Crippen LogP contribution in [0.4, 0.5) is 16.2 Å². The molecule has 0 aliphatic carbocycles. The molecule has 3 amide bonds. The lowest BCUT2D eigenvalue weighted by atomic mass is 9.92.